The molecule has 6 nitrogen and oxygen atoms in total. The molecule has 1 atom stereocenters. The minimum atomic E-state index is 0. The molecule has 0 aromatic heterocycles. The number of hydrogen-bond acceptors (Lipinski definition) is 4. The van der Waals surface area contributed by atoms with Crippen LogP contribution in [-0.2, 0) is 6.54 Å². The summed E-state index contributed by atoms with van der Waals surface area (Å²) in [7, 11) is 3.47. The van der Waals surface area contributed by atoms with Crippen molar-refractivity contribution in [2.75, 3.05) is 33.8 Å². The van der Waals surface area contributed by atoms with Crippen LogP contribution in [0.3, 0.4) is 0 Å². The van der Waals surface area contributed by atoms with Crippen LogP contribution in [0.1, 0.15) is 25.3 Å². The smallest absolute Gasteiger partial charge is 0.191 e. The summed E-state index contributed by atoms with van der Waals surface area (Å²) in [5, 5.41) is 6.95. The minimum Gasteiger partial charge on any atom is -0.497 e. The molecule has 0 amide bonds. The Morgan fingerprint density at radius 2 is 1.81 bits per heavy atom. The lowest BCUT2D eigenvalue weighted by Crippen LogP contribution is -2.49. The van der Waals surface area contributed by atoms with Crippen molar-refractivity contribution in [2.45, 2.75) is 38.5 Å². The summed E-state index contributed by atoms with van der Waals surface area (Å²) in [5.74, 6) is 2.43. The number of halogens is 1. The first-order valence-electron chi connectivity index (χ1n) is 10.7. The van der Waals surface area contributed by atoms with Crippen molar-refractivity contribution in [3.05, 3.63) is 60.2 Å². The van der Waals surface area contributed by atoms with Crippen LogP contribution in [-0.4, -0.2) is 56.8 Å². The molecule has 0 radical (unpaired) electrons. The Hall–Kier alpha value is -2.00. The van der Waals surface area contributed by atoms with Gasteiger partial charge in [-0.05, 0) is 37.5 Å². The molecule has 1 aliphatic rings. The number of ether oxygens (including phenoxy) is 2. The predicted molar refractivity (Wildman–Crippen MR) is 138 cm³/mol. The number of piperidine rings is 1. The van der Waals surface area contributed by atoms with Crippen LogP contribution in [0.5, 0.6) is 11.5 Å². The second kappa shape index (κ2) is 13.4. The van der Waals surface area contributed by atoms with E-state index < -0.39 is 0 Å². The maximum atomic E-state index is 5.98. The van der Waals surface area contributed by atoms with E-state index in [9.17, 15) is 0 Å². The van der Waals surface area contributed by atoms with Gasteiger partial charge in [-0.3, -0.25) is 9.89 Å². The first kappa shape index (κ1) is 25.3. The second-order valence-corrected chi connectivity index (χ2v) is 7.74. The number of likely N-dealkylation sites (tertiary alicyclic amines) is 1. The molecule has 2 aromatic carbocycles. The highest BCUT2D eigenvalue weighted by molar-refractivity contribution is 14.0. The second-order valence-electron chi connectivity index (χ2n) is 7.74. The predicted octanol–water partition coefficient (Wildman–Crippen LogP) is 3.91. The number of guanidine groups is 1. The van der Waals surface area contributed by atoms with E-state index in [1.807, 2.05) is 38.2 Å². The SMILES string of the molecule is CN=C(NCC(C)Oc1cccc(OC)c1)NC1CCN(Cc2ccccc2)CC1.I. The van der Waals surface area contributed by atoms with Gasteiger partial charge in [-0.15, -0.1) is 24.0 Å². The Morgan fingerprint density at radius 1 is 1.10 bits per heavy atom. The van der Waals surface area contributed by atoms with Crippen molar-refractivity contribution in [3.63, 3.8) is 0 Å². The third-order valence-electron chi connectivity index (χ3n) is 5.34. The topological polar surface area (TPSA) is 58.1 Å². The molecule has 7 heteroatoms. The van der Waals surface area contributed by atoms with Gasteiger partial charge >= 0.3 is 0 Å². The molecule has 170 valence electrons. The van der Waals surface area contributed by atoms with E-state index in [-0.39, 0.29) is 30.1 Å². The monoisotopic (exact) mass is 538 g/mol. The molecule has 1 saturated heterocycles. The van der Waals surface area contributed by atoms with Gasteiger partial charge in [-0.1, -0.05) is 36.4 Å². The molecule has 1 fully saturated rings. The van der Waals surface area contributed by atoms with Crippen molar-refractivity contribution in [3.8, 4) is 11.5 Å². The highest BCUT2D eigenvalue weighted by Gasteiger charge is 2.20. The van der Waals surface area contributed by atoms with Gasteiger partial charge in [0.1, 0.15) is 17.6 Å². The van der Waals surface area contributed by atoms with E-state index in [4.69, 9.17) is 9.47 Å². The molecule has 2 aromatic rings. The molecular formula is C24H35IN4O2. The highest BCUT2D eigenvalue weighted by atomic mass is 127. The molecule has 1 aliphatic heterocycles. The summed E-state index contributed by atoms with van der Waals surface area (Å²) in [6, 6.07) is 18.8. The van der Waals surface area contributed by atoms with Crippen molar-refractivity contribution < 1.29 is 9.47 Å². The molecule has 31 heavy (non-hydrogen) atoms. The standard InChI is InChI=1S/C24H34N4O2.HI/c1-19(30-23-11-7-10-22(16-23)29-3)17-26-24(25-2)27-21-12-14-28(15-13-21)18-20-8-5-4-6-9-20;/h4-11,16,19,21H,12-15,17-18H2,1-3H3,(H2,25,26,27);1H. The normalized spacial score (nSPS) is 16.2. The molecule has 0 spiro atoms. The summed E-state index contributed by atoms with van der Waals surface area (Å²) in [6.45, 7) is 5.93. The lowest BCUT2D eigenvalue weighted by Gasteiger charge is -2.33. The largest absolute Gasteiger partial charge is 0.497 e. The molecule has 0 saturated carbocycles. The summed E-state index contributed by atoms with van der Waals surface area (Å²) >= 11 is 0. The van der Waals surface area contributed by atoms with E-state index in [0.29, 0.717) is 12.6 Å². The quantitative estimate of drug-likeness (QED) is 0.303. The molecule has 1 heterocycles. The Bertz CT molecular complexity index is 795. The first-order chi connectivity index (χ1) is 14.7. The van der Waals surface area contributed by atoms with Gasteiger partial charge in [0.05, 0.1) is 13.7 Å². The van der Waals surface area contributed by atoms with Gasteiger partial charge in [0.2, 0.25) is 0 Å². The molecule has 3 rings (SSSR count). The molecule has 0 aliphatic carbocycles. The van der Waals surface area contributed by atoms with Crippen LogP contribution < -0.4 is 20.1 Å². The summed E-state index contributed by atoms with van der Waals surface area (Å²) < 4.78 is 11.2. The van der Waals surface area contributed by atoms with Gasteiger partial charge in [0.15, 0.2) is 5.96 Å². The number of methoxy groups -OCH3 is 1. The average molecular weight is 538 g/mol. The summed E-state index contributed by atoms with van der Waals surface area (Å²) in [5.41, 5.74) is 1.38. The van der Waals surface area contributed by atoms with E-state index in [0.717, 1.165) is 49.9 Å². The van der Waals surface area contributed by atoms with Crippen molar-refractivity contribution >= 4 is 29.9 Å². The maximum Gasteiger partial charge on any atom is 0.191 e. The van der Waals surface area contributed by atoms with Crippen LogP contribution in [0, 0.1) is 0 Å². The first-order valence-corrected chi connectivity index (χ1v) is 10.7. The van der Waals surface area contributed by atoms with Crippen LogP contribution in [0.4, 0.5) is 0 Å². The third kappa shape index (κ3) is 8.57. The Morgan fingerprint density at radius 3 is 2.48 bits per heavy atom. The van der Waals surface area contributed by atoms with Crippen LogP contribution in [0.15, 0.2) is 59.6 Å². The number of benzene rings is 2. The average Bonchev–Trinajstić information content (AvgIpc) is 2.78. The fourth-order valence-electron chi connectivity index (χ4n) is 3.65. The van der Waals surface area contributed by atoms with E-state index >= 15 is 0 Å². The van der Waals surface area contributed by atoms with Gasteiger partial charge in [0, 0.05) is 38.8 Å². The fourth-order valence-corrected chi connectivity index (χ4v) is 3.65. The van der Waals surface area contributed by atoms with Crippen molar-refractivity contribution in [1.82, 2.24) is 15.5 Å². The Kier molecular flexibility index (Phi) is 10.9. The number of rotatable bonds is 8. The highest BCUT2D eigenvalue weighted by Crippen LogP contribution is 2.19. The minimum absolute atomic E-state index is 0. The zero-order valence-electron chi connectivity index (χ0n) is 18.7. The number of aliphatic imine (C=N–C) groups is 1. The lowest BCUT2D eigenvalue weighted by molar-refractivity contribution is 0.197. The summed E-state index contributed by atoms with van der Waals surface area (Å²) in [6.07, 6.45) is 2.23. The maximum absolute atomic E-state index is 5.98. The fraction of sp³-hybridized carbons (Fsp3) is 0.458. The molecule has 2 N–H and O–H groups in total. The van der Waals surface area contributed by atoms with Crippen LogP contribution in [0.2, 0.25) is 0 Å². The van der Waals surface area contributed by atoms with E-state index in [2.05, 4.69) is 50.9 Å². The zero-order chi connectivity index (χ0) is 21.2. The molecule has 0 bridgehead atoms. The van der Waals surface area contributed by atoms with Crippen molar-refractivity contribution in [1.29, 1.82) is 0 Å². The zero-order valence-corrected chi connectivity index (χ0v) is 21.0. The van der Waals surface area contributed by atoms with Crippen LogP contribution in [0.25, 0.3) is 0 Å². The number of hydrogen-bond donors (Lipinski definition) is 2. The lowest BCUT2D eigenvalue weighted by atomic mass is 10.0. The van der Waals surface area contributed by atoms with Crippen molar-refractivity contribution in [2.24, 2.45) is 4.99 Å². The van der Waals surface area contributed by atoms with Gasteiger partial charge in [-0.2, -0.15) is 0 Å². The Labute approximate surface area is 203 Å². The van der Waals surface area contributed by atoms with E-state index in [1.54, 1.807) is 7.11 Å². The van der Waals surface area contributed by atoms with Gasteiger partial charge < -0.3 is 20.1 Å². The molecular weight excluding hydrogens is 503 g/mol. The summed E-state index contributed by atoms with van der Waals surface area (Å²) in [4.78, 5) is 6.90. The number of nitrogens with zero attached hydrogens (tertiary/aromatic N) is 2. The Balaban J connectivity index is 0.00000341. The van der Waals surface area contributed by atoms with Crippen LogP contribution >= 0.6 is 24.0 Å². The third-order valence-corrected chi connectivity index (χ3v) is 5.34. The van der Waals surface area contributed by atoms with Gasteiger partial charge in [-0.25, -0.2) is 0 Å². The van der Waals surface area contributed by atoms with E-state index in [1.165, 1.54) is 5.56 Å². The molecule has 1 unspecified atom stereocenters. The van der Waals surface area contributed by atoms with Gasteiger partial charge in [0.25, 0.3) is 0 Å². The number of nitrogens with one attached hydrogen (secondary N) is 2.